The van der Waals surface area contributed by atoms with Crippen LogP contribution in [0, 0.1) is 5.41 Å². The van der Waals surface area contributed by atoms with Crippen molar-refractivity contribution < 1.29 is 0 Å². The van der Waals surface area contributed by atoms with Crippen LogP contribution in [-0.4, -0.2) is 5.84 Å². The molecule has 1 fully saturated rings. The van der Waals surface area contributed by atoms with Gasteiger partial charge in [-0.25, -0.2) is 0 Å². The Hall–Kier alpha value is -2.87. The van der Waals surface area contributed by atoms with Gasteiger partial charge in [0.1, 0.15) is 5.84 Å². The van der Waals surface area contributed by atoms with Gasteiger partial charge in [-0.2, -0.15) is 0 Å². The lowest BCUT2D eigenvalue weighted by Gasteiger charge is -2.42. The Kier molecular flexibility index (Phi) is 4.93. The van der Waals surface area contributed by atoms with Gasteiger partial charge in [-0.1, -0.05) is 92.1 Å². The maximum absolute atomic E-state index is 5.14. The van der Waals surface area contributed by atoms with Crippen LogP contribution in [0.2, 0.25) is 0 Å². The first-order valence-corrected chi connectivity index (χ1v) is 10.9. The first kappa shape index (κ1) is 18.2. The molecule has 0 radical (unpaired) electrons. The number of hydrogen-bond acceptors (Lipinski definition) is 1. The summed E-state index contributed by atoms with van der Waals surface area (Å²) in [5, 5.41) is 3.71. The highest BCUT2D eigenvalue weighted by molar-refractivity contribution is 6.02. The van der Waals surface area contributed by atoms with Crippen LogP contribution in [0.1, 0.15) is 43.2 Å². The molecule has 0 unspecified atom stereocenters. The number of benzene rings is 3. The van der Waals surface area contributed by atoms with Crippen molar-refractivity contribution >= 4 is 11.5 Å². The summed E-state index contributed by atoms with van der Waals surface area (Å²) >= 11 is 0. The number of hydrogen-bond donors (Lipinski definition) is 1. The second-order valence-corrected chi connectivity index (χ2v) is 8.53. The van der Waals surface area contributed by atoms with Gasteiger partial charge in [-0.05, 0) is 47.6 Å². The summed E-state index contributed by atoms with van der Waals surface area (Å²) in [4.78, 5) is 5.14. The third-order valence-electron chi connectivity index (χ3n) is 6.59. The predicted molar refractivity (Wildman–Crippen MR) is 122 cm³/mol. The SMILES string of the molecule is c1ccc(-c2ccc(CN=C3Nc4ccccc4CC34CCCCC4)cc2)cc1. The van der Waals surface area contributed by atoms with Crippen molar-refractivity contribution in [3.8, 4) is 11.1 Å². The van der Waals surface area contributed by atoms with Gasteiger partial charge in [-0.3, -0.25) is 4.99 Å². The summed E-state index contributed by atoms with van der Waals surface area (Å²) in [5.41, 5.74) is 6.68. The number of para-hydroxylation sites is 1. The molecule has 1 aliphatic heterocycles. The fourth-order valence-electron chi connectivity index (χ4n) is 4.96. The molecule has 3 aromatic carbocycles. The number of rotatable bonds is 3. The number of amidine groups is 1. The fraction of sp³-hybridized carbons (Fsp3) is 0.296. The Bertz CT molecular complexity index is 996. The number of fused-ring (bicyclic) bond motifs is 1. The van der Waals surface area contributed by atoms with Crippen LogP contribution in [0.25, 0.3) is 11.1 Å². The van der Waals surface area contributed by atoms with E-state index in [1.807, 2.05) is 0 Å². The van der Waals surface area contributed by atoms with Crippen LogP contribution < -0.4 is 5.32 Å². The van der Waals surface area contributed by atoms with Gasteiger partial charge in [0, 0.05) is 11.1 Å². The van der Waals surface area contributed by atoms with E-state index >= 15 is 0 Å². The van der Waals surface area contributed by atoms with Gasteiger partial charge in [0.05, 0.1) is 6.54 Å². The average Bonchev–Trinajstić information content (AvgIpc) is 2.79. The van der Waals surface area contributed by atoms with E-state index < -0.39 is 0 Å². The molecular weight excluding hydrogens is 352 g/mol. The normalized spacial score (nSPS) is 19.0. The van der Waals surface area contributed by atoms with Gasteiger partial charge in [-0.15, -0.1) is 0 Å². The minimum absolute atomic E-state index is 0.205. The maximum atomic E-state index is 5.14. The summed E-state index contributed by atoms with van der Waals surface area (Å²) in [5.74, 6) is 1.21. The van der Waals surface area contributed by atoms with Gasteiger partial charge in [0.25, 0.3) is 0 Å². The summed E-state index contributed by atoms with van der Waals surface area (Å²) in [7, 11) is 0. The molecule has 0 aromatic heterocycles. The summed E-state index contributed by atoms with van der Waals surface area (Å²) in [6.45, 7) is 0.737. The standard InChI is InChI=1S/C27H28N2/c1-3-9-22(10-4-1)23-15-13-21(14-16-23)20-28-26-27(17-7-2-8-18-27)19-24-11-5-6-12-25(24)29-26/h1,3-6,9-16H,2,7-8,17-20H2,(H,28,29). The summed E-state index contributed by atoms with van der Waals surface area (Å²) in [6, 6.07) is 28.2. The van der Waals surface area contributed by atoms with E-state index in [2.05, 4.69) is 84.2 Å². The third kappa shape index (κ3) is 3.72. The lowest BCUT2D eigenvalue weighted by atomic mass is 9.67. The molecule has 1 spiro atoms. The van der Waals surface area contributed by atoms with Gasteiger partial charge in [0.2, 0.25) is 0 Å². The van der Waals surface area contributed by atoms with Crippen LogP contribution in [0.4, 0.5) is 5.69 Å². The Labute approximate surface area is 173 Å². The van der Waals surface area contributed by atoms with E-state index in [0.29, 0.717) is 0 Å². The molecule has 146 valence electrons. The third-order valence-corrected chi connectivity index (χ3v) is 6.59. The lowest BCUT2D eigenvalue weighted by molar-refractivity contribution is 0.278. The fourth-order valence-corrected chi connectivity index (χ4v) is 4.96. The molecule has 1 saturated carbocycles. The topological polar surface area (TPSA) is 24.4 Å². The van der Waals surface area contributed by atoms with Crippen molar-refractivity contribution in [2.75, 3.05) is 5.32 Å². The zero-order valence-electron chi connectivity index (χ0n) is 16.9. The molecule has 0 atom stereocenters. The second kappa shape index (κ2) is 7.87. The van der Waals surface area contributed by atoms with Crippen LogP contribution in [0.15, 0.2) is 83.9 Å². The molecule has 0 saturated heterocycles. The molecule has 0 amide bonds. The largest absolute Gasteiger partial charge is 0.343 e. The van der Waals surface area contributed by atoms with Crippen LogP contribution >= 0.6 is 0 Å². The minimum Gasteiger partial charge on any atom is -0.343 e. The lowest BCUT2D eigenvalue weighted by Crippen LogP contribution is -2.43. The van der Waals surface area contributed by atoms with E-state index in [-0.39, 0.29) is 5.41 Å². The zero-order chi connectivity index (χ0) is 19.5. The Balaban J connectivity index is 1.40. The Morgan fingerprint density at radius 2 is 1.41 bits per heavy atom. The first-order chi connectivity index (χ1) is 14.3. The molecule has 0 bridgehead atoms. The van der Waals surface area contributed by atoms with Crippen molar-refractivity contribution in [1.82, 2.24) is 0 Å². The Morgan fingerprint density at radius 3 is 2.21 bits per heavy atom. The minimum atomic E-state index is 0.205. The molecule has 3 aromatic rings. The van der Waals surface area contributed by atoms with Gasteiger partial charge < -0.3 is 5.32 Å². The van der Waals surface area contributed by atoms with E-state index in [1.54, 1.807) is 0 Å². The highest BCUT2D eigenvalue weighted by Gasteiger charge is 2.40. The molecule has 1 aliphatic carbocycles. The molecule has 2 nitrogen and oxygen atoms in total. The highest BCUT2D eigenvalue weighted by atomic mass is 15.0. The smallest absolute Gasteiger partial charge is 0.108 e. The van der Waals surface area contributed by atoms with Crippen molar-refractivity contribution in [2.45, 2.75) is 45.1 Å². The van der Waals surface area contributed by atoms with Crippen molar-refractivity contribution in [3.63, 3.8) is 0 Å². The maximum Gasteiger partial charge on any atom is 0.108 e. The van der Waals surface area contributed by atoms with Crippen molar-refractivity contribution in [2.24, 2.45) is 10.4 Å². The molecule has 1 heterocycles. The van der Waals surface area contributed by atoms with Crippen LogP contribution in [0.3, 0.4) is 0 Å². The first-order valence-electron chi connectivity index (χ1n) is 10.9. The van der Waals surface area contributed by atoms with Crippen molar-refractivity contribution in [1.29, 1.82) is 0 Å². The predicted octanol–water partition coefficient (Wildman–Crippen LogP) is 6.87. The quantitative estimate of drug-likeness (QED) is 0.527. The molecule has 2 heteroatoms. The van der Waals surface area contributed by atoms with Crippen molar-refractivity contribution in [3.05, 3.63) is 90.0 Å². The molecule has 2 aliphatic rings. The van der Waals surface area contributed by atoms with E-state index in [0.717, 1.165) is 13.0 Å². The van der Waals surface area contributed by atoms with E-state index in [1.165, 1.54) is 65.9 Å². The number of nitrogens with zero attached hydrogens (tertiary/aromatic N) is 1. The van der Waals surface area contributed by atoms with E-state index in [4.69, 9.17) is 4.99 Å². The molecular formula is C27H28N2. The monoisotopic (exact) mass is 380 g/mol. The number of anilines is 1. The second-order valence-electron chi connectivity index (χ2n) is 8.53. The number of aliphatic imine (C=N–C) groups is 1. The highest BCUT2D eigenvalue weighted by Crippen LogP contribution is 2.45. The van der Waals surface area contributed by atoms with Gasteiger partial charge in [0.15, 0.2) is 0 Å². The molecule has 29 heavy (non-hydrogen) atoms. The summed E-state index contributed by atoms with van der Waals surface area (Å²) in [6.07, 6.45) is 7.61. The molecule has 1 N–H and O–H groups in total. The summed E-state index contributed by atoms with van der Waals surface area (Å²) < 4.78 is 0. The Morgan fingerprint density at radius 1 is 0.724 bits per heavy atom. The van der Waals surface area contributed by atoms with Crippen LogP contribution in [-0.2, 0) is 13.0 Å². The number of nitrogens with one attached hydrogen (secondary N) is 1. The van der Waals surface area contributed by atoms with Crippen LogP contribution in [0.5, 0.6) is 0 Å². The zero-order valence-corrected chi connectivity index (χ0v) is 16.9. The van der Waals surface area contributed by atoms with E-state index in [9.17, 15) is 0 Å². The molecule has 5 rings (SSSR count). The average molecular weight is 381 g/mol. The van der Waals surface area contributed by atoms with Gasteiger partial charge >= 0.3 is 0 Å².